The smallest absolute Gasteiger partial charge is 0.336 e. The van der Waals surface area contributed by atoms with Crippen LogP contribution in [-0.4, -0.2) is 40.1 Å². The van der Waals surface area contributed by atoms with Gasteiger partial charge in [0.2, 0.25) is 5.91 Å². The number of nitrogens with one attached hydrogen (secondary N) is 1. The van der Waals surface area contributed by atoms with Gasteiger partial charge in [-0.15, -0.1) is 0 Å². The highest BCUT2D eigenvalue weighted by Gasteiger charge is 2.20. The van der Waals surface area contributed by atoms with Crippen molar-refractivity contribution in [3.8, 4) is 5.75 Å². The summed E-state index contributed by atoms with van der Waals surface area (Å²) in [5.41, 5.74) is 0.398. The van der Waals surface area contributed by atoms with E-state index in [1.807, 2.05) is 6.26 Å². The minimum atomic E-state index is -1.10. The molecule has 0 aliphatic carbocycles. The van der Waals surface area contributed by atoms with Crippen LogP contribution in [0, 0.1) is 6.92 Å². The van der Waals surface area contributed by atoms with Crippen LogP contribution in [-0.2, 0) is 16.0 Å². The van der Waals surface area contributed by atoms with Gasteiger partial charge < -0.3 is 19.9 Å². The van der Waals surface area contributed by atoms with Gasteiger partial charge in [-0.2, -0.15) is 11.8 Å². The van der Waals surface area contributed by atoms with Gasteiger partial charge in [0.25, 0.3) is 0 Å². The number of carboxylic acids is 1. The highest BCUT2D eigenvalue weighted by Crippen LogP contribution is 2.27. The Bertz CT molecular complexity index is 860. The number of carbonyl (C=O) groups excluding carboxylic acids is 1. The zero-order valence-corrected chi connectivity index (χ0v) is 14.7. The first-order valence-electron chi connectivity index (χ1n) is 7.60. The van der Waals surface area contributed by atoms with Crippen molar-refractivity contribution in [2.24, 2.45) is 0 Å². The van der Waals surface area contributed by atoms with Gasteiger partial charge in [0.15, 0.2) is 0 Å². The minimum absolute atomic E-state index is 0.0136. The molecule has 0 saturated carbocycles. The van der Waals surface area contributed by atoms with Gasteiger partial charge >= 0.3 is 11.6 Å². The third-order valence-electron chi connectivity index (χ3n) is 3.81. The van der Waals surface area contributed by atoms with Crippen molar-refractivity contribution in [2.75, 3.05) is 12.0 Å². The molecular formula is C17H19NO6S. The van der Waals surface area contributed by atoms with Gasteiger partial charge in [0.05, 0.1) is 6.42 Å². The average molecular weight is 365 g/mol. The lowest BCUT2D eigenvalue weighted by Crippen LogP contribution is -2.42. The minimum Gasteiger partial charge on any atom is -0.508 e. The summed E-state index contributed by atoms with van der Waals surface area (Å²) in [6, 6.07) is 3.25. The van der Waals surface area contributed by atoms with E-state index in [0.29, 0.717) is 28.7 Å². The highest BCUT2D eigenvalue weighted by molar-refractivity contribution is 7.98. The van der Waals surface area contributed by atoms with Crippen molar-refractivity contribution in [3.63, 3.8) is 0 Å². The number of fused-ring (bicyclic) bond motifs is 1. The van der Waals surface area contributed by atoms with E-state index in [-0.39, 0.29) is 17.8 Å². The first kappa shape index (κ1) is 18.9. The Balaban J connectivity index is 2.27. The summed E-state index contributed by atoms with van der Waals surface area (Å²) in [4.78, 5) is 35.2. The predicted molar refractivity (Wildman–Crippen MR) is 95.2 cm³/mol. The van der Waals surface area contributed by atoms with Crippen molar-refractivity contribution >= 4 is 34.6 Å². The molecule has 1 aromatic carbocycles. The standard InChI is InChI=1S/C17H19NO6S/c1-9-13(19)4-3-11-10(8-15(21)24-16(9)11)7-14(20)18-12(17(22)23)5-6-25-2/h3-4,8,12,19H,5-7H2,1-2H3,(H,18,20)(H,22,23). The lowest BCUT2D eigenvalue weighted by atomic mass is 10.0. The zero-order chi connectivity index (χ0) is 18.6. The fourth-order valence-electron chi connectivity index (χ4n) is 2.47. The summed E-state index contributed by atoms with van der Waals surface area (Å²) in [5, 5.41) is 21.9. The molecule has 1 amide bonds. The zero-order valence-electron chi connectivity index (χ0n) is 13.9. The number of carboxylic acid groups (broad SMARTS) is 1. The third-order valence-corrected chi connectivity index (χ3v) is 4.46. The molecule has 7 nitrogen and oxygen atoms in total. The Hall–Kier alpha value is -2.48. The molecule has 3 N–H and O–H groups in total. The van der Waals surface area contributed by atoms with Crippen LogP contribution < -0.4 is 10.9 Å². The number of phenolic OH excluding ortho intramolecular Hbond substituents is 1. The molecule has 0 fully saturated rings. The van der Waals surface area contributed by atoms with Gasteiger partial charge in [-0.1, -0.05) is 0 Å². The van der Waals surface area contributed by atoms with E-state index in [1.165, 1.54) is 23.9 Å². The molecule has 0 radical (unpaired) electrons. The molecule has 25 heavy (non-hydrogen) atoms. The fraction of sp³-hybridized carbons (Fsp3) is 0.353. The summed E-state index contributed by atoms with van der Waals surface area (Å²) in [7, 11) is 0. The van der Waals surface area contributed by atoms with Crippen LogP contribution in [0.3, 0.4) is 0 Å². The van der Waals surface area contributed by atoms with Crippen molar-refractivity contribution in [2.45, 2.75) is 25.8 Å². The summed E-state index contributed by atoms with van der Waals surface area (Å²) >= 11 is 1.49. The topological polar surface area (TPSA) is 117 Å². The second-order valence-electron chi connectivity index (χ2n) is 5.59. The van der Waals surface area contributed by atoms with E-state index in [4.69, 9.17) is 4.42 Å². The molecule has 0 aliphatic heterocycles. The lowest BCUT2D eigenvalue weighted by molar-refractivity contribution is -0.141. The lowest BCUT2D eigenvalue weighted by Gasteiger charge is -2.14. The van der Waals surface area contributed by atoms with E-state index < -0.39 is 23.5 Å². The molecule has 8 heteroatoms. The third kappa shape index (κ3) is 4.54. The van der Waals surface area contributed by atoms with Crippen LogP contribution in [0.15, 0.2) is 27.4 Å². The molecule has 0 aliphatic rings. The molecule has 1 atom stereocenters. The van der Waals surface area contributed by atoms with Crippen molar-refractivity contribution in [3.05, 3.63) is 39.7 Å². The van der Waals surface area contributed by atoms with Crippen LogP contribution >= 0.6 is 11.8 Å². The molecule has 1 heterocycles. The first-order valence-corrected chi connectivity index (χ1v) is 8.99. The number of rotatable bonds is 7. The number of aromatic hydroxyl groups is 1. The predicted octanol–water partition coefficient (Wildman–Crippen LogP) is 1.67. The number of thioether (sulfide) groups is 1. The first-order chi connectivity index (χ1) is 11.8. The van der Waals surface area contributed by atoms with Crippen molar-refractivity contribution in [1.82, 2.24) is 5.32 Å². The number of aliphatic carboxylic acids is 1. The van der Waals surface area contributed by atoms with Crippen molar-refractivity contribution in [1.29, 1.82) is 0 Å². The summed E-state index contributed by atoms with van der Waals surface area (Å²) in [6.45, 7) is 1.60. The SMILES string of the molecule is CSCCC(NC(=O)Cc1cc(=O)oc2c(C)c(O)ccc12)C(=O)O. The van der Waals surface area contributed by atoms with Gasteiger partial charge in [0.1, 0.15) is 17.4 Å². The largest absolute Gasteiger partial charge is 0.508 e. The number of hydrogen-bond donors (Lipinski definition) is 3. The molecule has 2 rings (SSSR count). The molecule has 134 valence electrons. The van der Waals surface area contributed by atoms with Gasteiger partial charge in [0, 0.05) is 17.0 Å². The molecular weight excluding hydrogens is 346 g/mol. The maximum absolute atomic E-state index is 12.2. The monoisotopic (exact) mass is 365 g/mol. The normalized spacial score (nSPS) is 12.1. The highest BCUT2D eigenvalue weighted by atomic mass is 32.2. The van der Waals surface area contributed by atoms with Crippen LogP contribution in [0.25, 0.3) is 11.0 Å². The maximum Gasteiger partial charge on any atom is 0.336 e. The van der Waals surface area contributed by atoms with Gasteiger partial charge in [-0.05, 0) is 43.0 Å². The van der Waals surface area contributed by atoms with Crippen LogP contribution in [0.5, 0.6) is 5.75 Å². The van der Waals surface area contributed by atoms with E-state index >= 15 is 0 Å². The number of carbonyl (C=O) groups is 2. The molecule has 0 bridgehead atoms. The quantitative estimate of drug-likeness (QED) is 0.639. The van der Waals surface area contributed by atoms with E-state index in [9.17, 15) is 24.6 Å². The molecule has 2 aromatic rings. The van der Waals surface area contributed by atoms with E-state index in [1.54, 1.807) is 13.0 Å². The Morgan fingerprint density at radius 1 is 1.36 bits per heavy atom. The summed E-state index contributed by atoms with van der Waals surface area (Å²) < 4.78 is 5.12. The second-order valence-corrected chi connectivity index (χ2v) is 6.58. The van der Waals surface area contributed by atoms with Crippen LogP contribution in [0.1, 0.15) is 17.5 Å². The van der Waals surface area contributed by atoms with Gasteiger partial charge in [-0.25, -0.2) is 9.59 Å². The molecule has 0 spiro atoms. The van der Waals surface area contributed by atoms with Crippen LogP contribution in [0.2, 0.25) is 0 Å². The molecule has 0 saturated heterocycles. The van der Waals surface area contributed by atoms with Gasteiger partial charge in [-0.3, -0.25) is 4.79 Å². The molecule has 1 unspecified atom stereocenters. The number of phenols is 1. The Kier molecular flexibility index (Phi) is 6.08. The number of hydrogen-bond acceptors (Lipinski definition) is 6. The Labute approximate surface area is 148 Å². The Morgan fingerprint density at radius 2 is 2.08 bits per heavy atom. The number of benzene rings is 1. The average Bonchev–Trinajstić information content (AvgIpc) is 2.55. The van der Waals surface area contributed by atoms with E-state index in [2.05, 4.69) is 5.32 Å². The number of aryl methyl sites for hydroxylation is 1. The van der Waals surface area contributed by atoms with Crippen molar-refractivity contribution < 1.29 is 24.2 Å². The Morgan fingerprint density at radius 3 is 2.72 bits per heavy atom. The maximum atomic E-state index is 12.2. The van der Waals surface area contributed by atoms with Crippen LogP contribution in [0.4, 0.5) is 0 Å². The second kappa shape index (κ2) is 8.06. The number of amides is 1. The fourth-order valence-corrected chi connectivity index (χ4v) is 2.94. The van der Waals surface area contributed by atoms with E-state index in [0.717, 1.165) is 0 Å². The molecule has 1 aromatic heterocycles. The summed E-state index contributed by atoms with van der Waals surface area (Å²) in [6.07, 6.45) is 2.01. The summed E-state index contributed by atoms with van der Waals surface area (Å²) in [5.74, 6) is -1.000.